The van der Waals surface area contributed by atoms with Gasteiger partial charge in [0, 0.05) is 60.6 Å². The highest BCUT2D eigenvalue weighted by Gasteiger charge is 2.20. The maximum absolute atomic E-state index is 15.4. The summed E-state index contributed by atoms with van der Waals surface area (Å²) in [5.74, 6) is -3.34. The summed E-state index contributed by atoms with van der Waals surface area (Å²) >= 11 is 0. The summed E-state index contributed by atoms with van der Waals surface area (Å²) < 4.78 is 58.9. The second kappa shape index (κ2) is 18.2. The Morgan fingerprint density at radius 2 is 0.873 bits per heavy atom. The summed E-state index contributed by atoms with van der Waals surface area (Å²) in [6, 6.07) is 32.5. The van der Waals surface area contributed by atoms with Crippen LogP contribution < -0.4 is 0 Å². The van der Waals surface area contributed by atoms with E-state index in [1.54, 1.807) is 36.4 Å². The Bertz CT molecular complexity index is 2160. The topological polar surface area (TPSA) is 23.6 Å². The van der Waals surface area contributed by atoms with Gasteiger partial charge in [-0.3, -0.25) is 14.6 Å². The summed E-state index contributed by atoms with van der Waals surface area (Å²) in [6.07, 6.45) is 3.67. The van der Waals surface area contributed by atoms with Gasteiger partial charge in [0.15, 0.2) is 5.78 Å². The minimum absolute atomic E-state index is 0. The zero-order chi connectivity index (χ0) is 38.4. The van der Waals surface area contributed by atoms with Crippen LogP contribution in [0.15, 0.2) is 147 Å². The predicted octanol–water partition coefficient (Wildman–Crippen LogP) is 11.8. The Morgan fingerprint density at radius 3 is 1.22 bits per heavy atom. The van der Waals surface area contributed by atoms with Gasteiger partial charge >= 0.3 is 0 Å². The molecule has 6 aromatic carbocycles. The van der Waals surface area contributed by atoms with E-state index < -0.39 is 23.3 Å². The molecule has 0 spiro atoms. The number of hydrogen-bond acceptors (Lipinski definition) is 3. The van der Waals surface area contributed by atoms with Gasteiger partial charge < -0.3 is 0 Å². The lowest BCUT2D eigenvalue weighted by molar-refractivity contribution is 0.103. The first kappa shape index (κ1) is 40.6. The second-order valence-electron chi connectivity index (χ2n) is 13.5. The Hall–Kier alpha value is -5.60. The quantitative estimate of drug-likeness (QED) is 0.0627. The molecule has 0 unspecified atom stereocenters. The molecule has 55 heavy (non-hydrogen) atoms. The third-order valence-electron chi connectivity index (χ3n) is 9.32. The first-order valence-corrected chi connectivity index (χ1v) is 17.6. The molecule has 8 heteroatoms. The molecule has 0 amide bonds. The van der Waals surface area contributed by atoms with E-state index in [2.05, 4.69) is 23.0 Å². The average Bonchev–Trinajstić information content (AvgIpc) is 3.15. The normalized spacial score (nSPS) is 11.1. The summed E-state index contributed by atoms with van der Waals surface area (Å²) in [6.45, 7) is 10.5. The number of halogens is 5. The van der Waals surface area contributed by atoms with Crippen molar-refractivity contribution in [1.82, 2.24) is 9.80 Å². The van der Waals surface area contributed by atoms with E-state index in [-0.39, 0.29) is 40.4 Å². The van der Waals surface area contributed by atoms with Gasteiger partial charge in [-0.25, -0.2) is 17.6 Å². The van der Waals surface area contributed by atoms with Gasteiger partial charge in [-0.2, -0.15) is 0 Å². The van der Waals surface area contributed by atoms with Crippen molar-refractivity contribution in [3.8, 4) is 44.5 Å². The number of nitrogens with zero attached hydrogens (tertiary/aromatic N) is 2. The summed E-state index contributed by atoms with van der Waals surface area (Å²) in [5, 5.41) is 0. The molecule has 0 N–H and O–H groups in total. The molecule has 0 aliphatic heterocycles. The van der Waals surface area contributed by atoms with E-state index in [1.165, 1.54) is 24.3 Å². The molecule has 3 nitrogen and oxygen atoms in total. The number of rotatable bonds is 14. The van der Waals surface area contributed by atoms with Crippen LogP contribution in [0, 0.1) is 23.3 Å². The minimum Gasteiger partial charge on any atom is -0.298 e. The SMILES string of the molecule is C=CCN(C)Cc1ccc(-c2ccc(C(=O)c3ccc(-c4ccc(CN(C)CC=C)cc4)c(-c4ccc(F)cc4F)c3)cc2-c2ccc(F)cc2F)cc1.Cl. The molecule has 0 fully saturated rings. The Morgan fingerprint density at radius 1 is 0.509 bits per heavy atom. The Balaban J connectivity index is 0.00000580. The van der Waals surface area contributed by atoms with E-state index in [9.17, 15) is 13.6 Å². The van der Waals surface area contributed by atoms with Crippen molar-refractivity contribution >= 4 is 18.2 Å². The fraction of sp³-hybridized carbons (Fsp3) is 0.128. The third kappa shape index (κ3) is 9.56. The molecule has 0 radical (unpaired) electrons. The minimum atomic E-state index is -0.764. The standard InChI is InChI=1S/C47H40F4N2O.ClH/c1-5-23-52(3)29-31-7-11-33(12-8-31)39-19-15-35(25-43(39)41-21-17-37(48)27-45(41)50)47(54)36-16-20-40(44(26-36)42-22-18-38(49)28-46(42)51)34-13-9-32(10-14-34)30-53(4)24-6-2;/h5-22,25-28H,1-2,23-24,29-30H2,3-4H3;1H. The maximum Gasteiger partial charge on any atom is 0.193 e. The van der Waals surface area contributed by atoms with Crippen LogP contribution in [0.5, 0.6) is 0 Å². The fourth-order valence-electron chi connectivity index (χ4n) is 6.68. The molecule has 0 bridgehead atoms. The number of likely N-dealkylation sites (N-methyl/N-ethyl adjacent to an activating group) is 2. The van der Waals surface area contributed by atoms with Gasteiger partial charge in [-0.1, -0.05) is 84.9 Å². The molecule has 0 heterocycles. The van der Waals surface area contributed by atoms with Crippen molar-refractivity contribution in [2.75, 3.05) is 27.2 Å². The highest BCUT2D eigenvalue weighted by Crippen LogP contribution is 2.38. The van der Waals surface area contributed by atoms with Crippen LogP contribution >= 0.6 is 12.4 Å². The Labute approximate surface area is 326 Å². The van der Waals surface area contributed by atoms with E-state index in [0.29, 0.717) is 35.3 Å². The first-order valence-electron chi connectivity index (χ1n) is 17.6. The lowest BCUT2D eigenvalue weighted by Gasteiger charge is -2.17. The molecule has 0 saturated heterocycles. The molecule has 0 aromatic heterocycles. The first-order chi connectivity index (χ1) is 26.0. The van der Waals surface area contributed by atoms with E-state index in [0.717, 1.165) is 47.5 Å². The maximum atomic E-state index is 15.4. The molecule has 6 rings (SSSR count). The van der Waals surface area contributed by atoms with Crippen molar-refractivity contribution in [1.29, 1.82) is 0 Å². The molecule has 0 aliphatic carbocycles. The summed E-state index contributed by atoms with van der Waals surface area (Å²) in [4.78, 5) is 18.5. The van der Waals surface area contributed by atoms with Crippen LogP contribution in [0.4, 0.5) is 17.6 Å². The average molecular weight is 761 g/mol. The third-order valence-corrected chi connectivity index (χ3v) is 9.32. The van der Waals surface area contributed by atoms with Crippen molar-refractivity contribution < 1.29 is 22.4 Å². The molecule has 6 aromatic rings. The van der Waals surface area contributed by atoms with Crippen molar-refractivity contribution in [2.45, 2.75) is 13.1 Å². The number of ketones is 1. The highest BCUT2D eigenvalue weighted by atomic mass is 35.5. The Kier molecular flexibility index (Phi) is 13.4. The molecular weight excluding hydrogens is 720 g/mol. The monoisotopic (exact) mass is 760 g/mol. The number of carbonyl (C=O) groups excluding carboxylic acids is 1. The number of carbonyl (C=O) groups is 1. The number of benzene rings is 6. The van der Waals surface area contributed by atoms with Crippen LogP contribution in [-0.4, -0.2) is 42.8 Å². The molecule has 0 atom stereocenters. The van der Waals surface area contributed by atoms with Crippen LogP contribution in [0.3, 0.4) is 0 Å². The van der Waals surface area contributed by atoms with Gasteiger partial charge in [0.05, 0.1) is 0 Å². The van der Waals surface area contributed by atoms with Crippen LogP contribution in [0.2, 0.25) is 0 Å². The van der Waals surface area contributed by atoms with Gasteiger partial charge in [-0.15, -0.1) is 25.6 Å². The number of hydrogen-bond donors (Lipinski definition) is 0. The predicted molar refractivity (Wildman–Crippen MR) is 218 cm³/mol. The zero-order valence-corrected chi connectivity index (χ0v) is 31.5. The second-order valence-corrected chi connectivity index (χ2v) is 13.5. The lowest BCUT2D eigenvalue weighted by Crippen LogP contribution is -2.17. The molecule has 0 aliphatic rings. The largest absolute Gasteiger partial charge is 0.298 e. The van der Waals surface area contributed by atoms with Crippen LogP contribution in [0.1, 0.15) is 27.0 Å². The zero-order valence-electron chi connectivity index (χ0n) is 30.7. The van der Waals surface area contributed by atoms with Gasteiger partial charge in [0.25, 0.3) is 0 Å². The van der Waals surface area contributed by atoms with Gasteiger partial charge in [0.2, 0.25) is 0 Å². The van der Waals surface area contributed by atoms with Gasteiger partial charge in [-0.05, 0) is 95.0 Å². The molecular formula is C47H41ClF4N2O. The van der Waals surface area contributed by atoms with Crippen molar-refractivity contribution in [2.24, 2.45) is 0 Å². The highest BCUT2D eigenvalue weighted by molar-refractivity contribution is 6.11. The van der Waals surface area contributed by atoms with Gasteiger partial charge in [0.1, 0.15) is 23.3 Å². The van der Waals surface area contributed by atoms with Crippen molar-refractivity contribution in [3.05, 3.63) is 192 Å². The molecule has 0 saturated carbocycles. The molecule has 280 valence electrons. The lowest BCUT2D eigenvalue weighted by atomic mass is 9.88. The van der Waals surface area contributed by atoms with E-state index in [4.69, 9.17) is 0 Å². The van der Waals surface area contributed by atoms with E-state index >= 15 is 8.78 Å². The summed E-state index contributed by atoms with van der Waals surface area (Å²) in [5.41, 5.74) is 6.67. The smallest absolute Gasteiger partial charge is 0.193 e. The van der Waals surface area contributed by atoms with Crippen molar-refractivity contribution in [3.63, 3.8) is 0 Å². The van der Waals surface area contributed by atoms with E-state index in [1.807, 2.05) is 74.8 Å². The summed E-state index contributed by atoms with van der Waals surface area (Å²) in [7, 11) is 3.99. The van der Waals surface area contributed by atoms with Crippen LogP contribution in [-0.2, 0) is 13.1 Å². The fourth-order valence-corrected chi connectivity index (χ4v) is 6.68. The van der Waals surface area contributed by atoms with Crippen LogP contribution in [0.25, 0.3) is 44.5 Å².